The fraction of sp³-hybridized carbons (Fsp3) is 0.529. The molecular weight excluding hydrogens is 321 g/mol. The van der Waals surface area contributed by atoms with Gasteiger partial charge in [-0.15, -0.1) is 0 Å². The van der Waals surface area contributed by atoms with Crippen molar-refractivity contribution in [2.24, 2.45) is 5.92 Å². The first-order valence-corrected chi connectivity index (χ1v) is 8.13. The number of carbonyl (C=O) groups excluding carboxylic acids is 2. The molecule has 0 atom stereocenters. The topological polar surface area (TPSA) is 46.6 Å². The van der Waals surface area contributed by atoms with Gasteiger partial charge in [0.25, 0.3) is 5.91 Å². The van der Waals surface area contributed by atoms with E-state index in [1.807, 2.05) is 13.8 Å². The van der Waals surface area contributed by atoms with Gasteiger partial charge in [0.2, 0.25) is 0 Å². The summed E-state index contributed by atoms with van der Waals surface area (Å²) in [6.45, 7) is 6.68. The molecule has 128 valence electrons. The van der Waals surface area contributed by atoms with E-state index in [0.29, 0.717) is 12.5 Å². The third-order valence-electron chi connectivity index (χ3n) is 3.33. The molecule has 0 fully saturated rings. The van der Waals surface area contributed by atoms with Crippen molar-refractivity contribution in [1.29, 1.82) is 0 Å². The van der Waals surface area contributed by atoms with Gasteiger partial charge in [0.05, 0.1) is 23.6 Å². The first kappa shape index (κ1) is 19.4. The Hall–Kier alpha value is -1.62. The summed E-state index contributed by atoms with van der Waals surface area (Å²) in [5.74, 6) is -1.16. The highest BCUT2D eigenvalue weighted by atomic mass is 35.5. The molecule has 0 N–H and O–H groups in total. The molecule has 4 nitrogen and oxygen atoms in total. The first-order chi connectivity index (χ1) is 10.9. The van der Waals surface area contributed by atoms with Gasteiger partial charge in [0.15, 0.2) is 0 Å². The smallest absolute Gasteiger partial charge is 0.307 e. The maximum absolute atomic E-state index is 14.0. The summed E-state index contributed by atoms with van der Waals surface area (Å²) in [7, 11) is 0. The molecule has 1 aromatic carbocycles. The van der Waals surface area contributed by atoms with E-state index in [-0.39, 0.29) is 36.1 Å². The van der Waals surface area contributed by atoms with Crippen LogP contribution < -0.4 is 0 Å². The molecule has 6 heteroatoms. The fourth-order valence-corrected chi connectivity index (χ4v) is 2.29. The maximum atomic E-state index is 14.0. The third kappa shape index (κ3) is 6.18. The Morgan fingerprint density at radius 3 is 2.57 bits per heavy atom. The number of carbonyl (C=O) groups is 2. The number of rotatable bonds is 8. The molecule has 1 aromatic rings. The van der Waals surface area contributed by atoms with E-state index in [4.69, 9.17) is 16.3 Å². The predicted molar refractivity (Wildman–Crippen MR) is 88.0 cm³/mol. The van der Waals surface area contributed by atoms with Crippen LogP contribution in [0.3, 0.4) is 0 Å². The Morgan fingerprint density at radius 2 is 2.00 bits per heavy atom. The van der Waals surface area contributed by atoms with Crippen molar-refractivity contribution >= 4 is 23.5 Å². The fourth-order valence-electron chi connectivity index (χ4n) is 2.05. The molecule has 0 aliphatic carbocycles. The minimum absolute atomic E-state index is 0.0701. The van der Waals surface area contributed by atoms with Crippen LogP contribution in [0.25, 0.3) is 0 Å². The zero-order valence-electron chi connectivity index (χ0n) is 13.8. The number of hydrogen-bond donors (Lipinski definition) is 0. The second kappa shape index (κ2) is 9.50. The Labute approximate surface area is 141 Å². The molecule has 0 aromatic heterocycles. The molecule has 23 heavy (non-hydrogen) atoms. The molecule has 1 rings (SSSR count). The van der Waals surface area contributed by atoms with E-state index in [0.717, 1.165) is 6.42 Å². The van der Waals surface area contributed by atoms with Crippen molar-refractivity contribution in [3.63, 3.8) is 0 Å². The highest BCUT2D eigenvalue weighted by Crippen LogP contribution is 2.21. The molecule has 1 amide bonds. The zero-order chi connectivity index (χ0) is 17.4. The number of amides is 1. The summed E-state index contributed by atoms with van der Waals surface area (Å²) in [4.78, 5) is 25.6. The molecule has 0 radical (unpaired) electrons. The molecule has 0 spiro atoms. The molecule has 0 aliphatic rings. The van der Waals surface area contributed by atoms with Gasteiger partial charge < -0.3 is 9.64 Å². The molecule has 0 unspecified atom stereocenters. The molecule has 0 bridgehead atoms. The van der Waals surface area contributed by atoms with Crippen LogP contribution in [0.2, 0.25) is 5.02 Å². The predicted octanol–water partition coefficient (Wildman–Crippen LogP) is 3.92. The van der Waals surface area contributed by atoms with Gasteiger partial charge in [-0.25, -0.2) is 4.39 Å². The molecule has 0 saturated carbocycles. The SMILES string of the molecule is CCOC(=O)CCN(CCC(C)C)C(=O)c1c(F)cccc1Cl. The van der Waals surface area contributed by atoms with E-state index in [2.05, 4.69) is 0 Å². The monoisotopic (exact) mass is 343 g/mol. The van der Waals surface area contributed by atoms with Gasteiger partial charge in [-0.3, -0.25) is 9.59 Å². The second-order valence-electron chi connectivity index (χ2n) is 5.63. The lowest BCUT2D eigenvalue weighted by molar-refractivity contribution is -0.143. The summed E-state index contributed by atoms with van der Waals surface area (Å²) in [6.07, 6.45) is 0.824. The van der Waals surface area contributed by atoms with Gasteiger partial charge in [0.1, 0.15) is 5.82 Å². The van der Waals surface area contributed by atoms with Crippen molar-refractivity contribution < 1.29 is 18.7 Å². The van der Waals surface area contributed by atoms with E-state index in [1.54, 1.807) is 6.92 Å². The summed E-state index contributed by atoms with van der Waals surface area (Å²) in [6, 6.07) is 4.13. The van der Waals surface area contributed by atoms with Crippen LogP contribution in [-0.2, 0) is 9.53 Å². The standard InChI is InChI=1S/C17H23ClFNO3/c1-4-23-15(21)9-11-20(10-8-12(2)3)17(22)16-13(18)6-5-7-14(16)19/h5-7,12H,4,8-11H2,1-3H3. The Bertz CT molecular complexity index is 528. The molecule has 0 aliphatic heterocycles. The minimum atomic E-state index is -0.659. The maximum Gasteiger partial charge on any atom is 0.307 e. The van der Waals surface area contributed by atoms with Crippen molar-refractivity contribution in [3.05, 3.63) is 34.6 Å². The average molecular weight is 344 g/mol. The van der Waals surface area contributed by atoms with E-state index < -0.39 is 11.7 Å². The largest absolute Gasteiger partial charge is 0.466 e. The Balaban J connectivity index is 2.89. The lowest BCUT2D eigenvalue weighted by atomic mass is 10.1. The van der Waals surface area contributed by atoms with Crippen molar-refractivity contribution in [2.75, 3.05) is 19.7 Å². The lowest BCUT2D eigenvalue weighted by Gasteiger charge is -2.24. The quantitative estimate of drug-likeness (QED) is 0.672. The summed E-state index contributed by atoms with van der Waals surface area (Å²) < 4.78 is 18.8. The molecule has 0 heterocycles. The Morgan fingerprint density at radius 1 is 1.30 bits per heavy atom. The summed E-state index contributed by atoms with van der Waals surface area (Å²) in [5.41, 5.74) is -0.151. The number of esters is 1. The van der Waals surface area contributed by atoms with Crippen LogP contribution in [0.1, 0.15) is 44.0 Å². The van der Waals surface area contributed by atoms with Crippen molar-refractivity contribution in [2.45, 2.75) is 33.6 Å². The molecular formula is C17H23ClFNO3. The van der Waals surface area contributed by atoms with E-state index in [9.17, 15) is 14.0 Å². The Kier molecular flexibility index (Phi) is 8.03. The van der Waals surface area contributed by atoms with Crippen LogP contribution in [0, 0.1) is 11.7 Å². The van der Waals surface area contributed by atoms with Crippen molar-refractivity contribution in [3.8, 4) is 0 Å². The van der Waals surface area contributed by atoms with Gasteiger partial charge in [-0.1, -0.05) is 31.5 Å². The number of hydrogen-bond acceptors (Lipinski definition) is 3. The van der Waals surface area contributed by atoms with Crippen LogP contribution in [0.5, 0.6) is 0 Å². The van der Waals surface area contributed by atoms with Gasteiger partial charge in [-0.05, 0) is 31.4 Å². The lowest BCUT2D eigenvalue weighted by Crippen LogP contribution is -2.35. The van der Waals surface area contributed by atoms with Crippen LogP contribution >= 0.6 is 11.6 Å². The number of ether oxygens (including phenoxy) is 1. The summed E-state index contributed by atoms with van der Waals surface area (Å²) in [5, 5.41) is 0.0701. The van der Waals surface area contributed by atoms with E-state index in [1.165, 1.54) is 23.1 Å². The molecule has 0 saturated heterocycles. The highest BCUT2D eigenvalue weighted by Gasteiger charge is 2.23. The van der Waals surface area contributed by atoms with Crippen LogP contribution in [0.4, 0.5) is 4.39 Å². The number of nitrogens with zero attached hydrogens (tertiary/aromatic N) is 1. The highest BCUT2D eigenvalue weighted by molar-refractivity contribution is 6.33. The van der Waals surface area contributed by atoms with E-state index >= 15 is 0 Å². The van der Waals surface area contributed by atoms with Gasteiger partial charge in [-0.2, -0.15) is 0 Å². The zero-order valence-corrected chi connectivity index (χ0v) is 14.5. The number of benzene rings is 1. The van der Waals surface area contributed by atoms with Crippen molar-refractivity contribution in [1.82, 2.24) is 4.90 Å². The first-order valence-electron chi connectivity index (χ1n) is 7.75. The third-order valence-corrected chi connectivity index (χ3v) is 3.65. The minimum Gasteiger partial charge on any atom is -0.466 e. The van der Waals surface area contributed by atoms with Crippen LogP contribution in [0.15, 0.2) is 18.2 Å². The number of halogens is 2. The normalized spacial score (nSPS) is 10.7. The summed E-state index contributed by atoms with van der Waals surface area (Å²) >= 11 is 5.96. The van der Waals surface area contributed by atoms with Gasteiger partial charge in [0, 0.05) is 13.1 Å². The van der Waals surface area contributed by atoms with Crippen LogP contribution in [-0.4, -0.2) is 36.5 Å². The van der Waals surface area contributed by atoms with Gasteiger partial charge >= 0.3 is 5.97 Å². The average Bonchev–Trinajstić information content (AvgIpc) is 2.46. The second-order valence-corrected chi connectivity index (χ2v) is 6.03.